The number of carbonyl (C=O) groups excluding carboxylic acids is 2. The third-order valence-corrected chi connectivity index (χ3v) is 3.68. The van der Waals surface area contributed by atoms with Gasteiger partial charge in [-0.05, 0) is 44.9 Å². The Morgan fingerprint density at radius 1 is 1.15 bits per heavy atom. The number of halogens is 1. The fourth-order valence-corrected chi connectivity index (χ4v) is 2.12. The minimum absolute atomic E-state index is 0.0817. The number of nitrogens with one attached hydrogen (secondary N) is 1. The van der Waals surface area contributed by atoms with E-state index in [2.05, 4.69) is 5.32 Å². The number of ether oxygens (including phenoxy) is 2. The van der Waals surface area contributed by atoms with E-state index in [1.165, 1.54) is 6.92 Å². The lowest BCUT2D eigenvalue weighted by Crippen LogP contribution is -2.34. The van der Waals surface area contributed by atoms with Crippen molar-refractivity contribution in [2.45, 2.75) is 46.3 Å². The molecule has 144 valence electrons. The first-order chi connectivity index (χ1) is 12.0. The van der Waals surface area contributed by atoms with Gasteiger partial charge in [0.1, 0.15) is 0 Å². The third kappa shape index (κ3) is 7.31. The molecule has 0 fully saturated rings. The Bertz CT molecular complexity index is 638. The van der Waals surface area contributed by atoms with Crippen molar-refractivity contribution in [3.63, 3.8) is 0 Å². The van der Waals surface area contributed by atoms with Gasteiger partial charge in [-0.3, -0.25) is 9.59 Å². The normalized spacial score (nSPS) is 13.4. The molecule has 0 saturated carbocycles. The van der Waals surface area contributed by atoms with Crippen LogP contribution in [0.2, 0.25) is 5.02 Å². The van der Waals surface area contributed by atoms with Gasteiger partial charge in [-0.15, -0.1) is 0 Å². The second kappa shape index (κ2) is 9.43. The number of carboxylic acids is 1. The molecule has 0 aliphatic carbocycles. The predicted molar refractivity (Wildman–Crippen MR) is 95.9 cm³/mol. The topological polar surface area (TPSA) is 102 Å². The van der Waals surface area contributed by atoms with E-state index in [0.29, 0.717) is 10.6 Å². The maximum Gasteiger partial charge on any atom is 0.410 e. The van der Waals surface area contributed by atoms with Crippen LogP contribution in [0.3, 0.4) is 0 Å². The summed E-state index contributed by atoms with van der Waals surface area (Å²) >= 11 is 5.80. The molecule has 1 aromatic rings. The van der Waals surface area contributed by atoms with E-state index in [1.807, 2.05) is 0 Å². The highest BCUT2D eigenvalue weighted by Gasteiger charge is 2.26. The first kappa shape index (κ1) is 21.8. The van der Waals surface area contributed by atoms with Gasteiger partial charge >= 0.3 is 18.0 Å². The highest BCUT2D eigenvalue weighted by molar-refractivity contribution is 6.30. The highest BCUT2D eigenvalue weighted by atomic mass is 35.5. The smallest absolute Gasteiger partial charge is 0.410 e. The van der Waals surface area contributed by atoms with Crippen LogP contribution in [0, 0.1) is 5.41 Å². The molecular formula is C18H24ClNO6. The molecule has 2 unspecified atom stereocenters. The van der Waals surface area contributed by atoms with Crippen LogP contribution in [-0.2, 0) is 19.1 Å². The first-order valence-electron chi connectivity index (χ1n) is 8.14. The Kier molecular flexibility index (Phi) is 7.89. The van der Waals surface area contributed by atoms with Crippen molar-refractivity contribution in [2.24, 2.45) is 5.41 Å². The van der Waals surface area contributed by atoms with Gasteiger partial charge in [-0.25, -0.2) is 4.79 Å². The zero-order chi connectivity index (χ0) is 19.9. The molecule has 0 saturated heterocycles. The van der Waals surface area contributed by atoms with Crippen LogP contribution in [0.1, 0.15) is 45.6 Å². The fraction of sp³-hybridized carbons (Fsp3) is 0.500. The summed E-state index contributed by atoms with van der Waals surface area (Å²) in [6.45, 7) is 6.57. The molecule has 1 amide bonds. The van der Waals surface area contributed by atoms with E-state index in [-0.39, 0.29) is 13.0 Å². The lowest BCUT2D eigenvalue weighted by atomic mass is 9.96. The van der Waals surface area contributed by atoms with Crippen LogP contribution in [0.4, 0.5) is 4.79 Å². The zero-order valence-electron chi connectivity index (χ0n) is 15.2. The summed E-state index contributed by atoms with van der Waals surface area (Å²) in [4.78, 5) is 34.9. The lowest BCUT2D eigenvalue weighted by molar-refractivity contribution is -0.174. The average Bonchev–Trinajstić information content (AvgIpc) is 2.51. The van der Waals surface area contributed by atoms with E-state index >= 15 is 0 Å². The number of carboxylic acid groups (broad SMARTS) is 1. The van der Waals surface area contributed by atoms with Crippen molar-refractivity contribution in [3.8, 4) is 0 Å². The summed E-state index contributed by atoms with van der Waals surface area (Å²) < 4.78 is 9.92. The molecule has 0 aromatic heterocycles. The standard InChI is InChI=1S/C18H24ClNO6/c1-11(25-16(23)18(2,3)4)26-17(24)20-10-9-14(15(21)22)12-5-7-13(19)8-6-12/h5-8,11,14H,9-10H2,1-4H3,(H,20,24)(H,21,22). The van der Waals surface area contributed by atoms with Gasteiger partial charge < -0.3 is 19.9 Å². The molecule has 1 rings (SSSR count). The quantitative estimate of drug-likeness (QED) is 0.549. The molecule has 26 heavy (non-hydrogen) atoms. The van der Waals surface area contributed by atoms with Gasteiger partial charge in [-0.2, -0.15) is 0 Å². The summed E-state index contributed by atoms with van der Waals surface area (Å²) in [5.74, 6) is -2.29. The Morgan fingerprint density at radius 3 is 2.23 bits per heavy atom. The maximum atomic E-state index is 11.7. The highest BCUT2D eigenvalue weighted by Crippen LogP contribution is 2.22. The average molecular weight is 386 g/mol. The summed E-state index contributed by atoms with van der Waals surface area (Å²) in [6, 6.07) is 6.49. The molecular weight excluding hydrogens is 362 g/mol. The second-order valence-electron chi connectivity index (χ2n) is 6.79. The number of hydrogen-bond acceptors (Lipinski definition) is 5. The van der Waals surface area contributed by atoms with Gasteiger partial charge in [0, 0.05) is 18.5 Å². The SMILES string of the molecule is CC(OC(=O)NCCC(C(=O)O)c1ccc(Cl)cc1)OC(=O)C(C)(C)C. The van der Waals surface area contributed by atoms with Crippen LogP contribution in [-0.4, -0.2) is 36.0 Å². The summed E-state index contributed by atoms with van der Waals surface area (Å²) in [5.41, 5.74) is -0.119. The van der Waals surface area contributed by atoms with Gasteiger partial charge in [0.25, 0.3) is 0 Å². The molecule has 2 atom stereocenters. The van der Waals surface area contributed by atoms with Crippen LogP contribution >= 0.6 is 11.6 Å². The predicted octanol–water partition coefficient (Wildman–Crippen LogP) is 3.56. The lowest BCUT2D eigenvalue weighted by Gasteiger charge is -2.21. The summed E-state index contributed by atoms with van der Waals surface area (Å²) in [7, 11) is 0. The number of esters is 1. The Balaban J connectivity index is 2.47. The Labute approximate surface area is 157 Å². The van der Waals surface area contributed by atoms with Gasteiger partial charge in [-0.1, -0.05) is 23.7 Å². The molecule has 0 aliphatic rings. The van der Waals surface area contributed by atoms with Crippen LogP contribution in [0.15, 0.2) is 24.3 Å². The first-order valence-corrected chi connectivity index (χ1v) is 8.52. The van der Waals surface area contributed by atoms with Crippen molar-refractivity contribution >= 4 is 29.6 Å². The molecule has 7 nitrogen and oxygen atoms in total. The monoisotopic (exact) mass is 385 g/mol. The number of alkyl carbamates (subject to hydrolysis) is 1. The van der Waals surface area contributed by atoms with Crippen molar-refractivity contribution in [1.29, 1.82) is 0 Å². The molecule has 0 bridgehead atoms. The van der Waals surface area contributed by atoms with E-state index in [0.717, 1.165) is 0 Å². The number of carbonyl (C=O) groups is 3. The number of benzene rings is 1. The van der Waals surface area contributed by atoms with Gasteiger partial charge in [0.15, 0.2) is 0 Å². The number of aliphatic carboxylic acids is 1. The van der Waals surface area contributed by atoms with Crippen LogP contribution in [0.25, 0.3) is 0 Å². The van der Waals surface area contributed by atoms with Crippen LogP contribution < -0.4 is 5.32 Å². The van der Waals surface area contributed by atoms with Gasteiger partial charge in [0.05, 0.1) is 11.3 Å². The molecule has 8 heteroatoms. The minimum Gasteiger partial charge on any atom is -0.481 e. The molecule has 0 aliphatic heterocycles. The van der Waals surface area contributed by atoms with E-state index < -0.39 is 35.7 Å². The maximum absolute atomic E-state index is 11.7. The van der Waals surface area contributed by atoms with Crippen molar-refractivity contribution in [1.82, 2.24) is 5.32 Å². The Hall–Kier alpha value is -2.28. The number of rotatable bonds is 7. The number of amides is 1. The van der Waals surface area contributed by atoms with E-state index in [1.54, 1.807) is 45.0 Å². The molecule has 0 spiro atoms. The fourth-order valence-electron chi connectivity index (χ4n) is 1.99. The largest absolute Gasteiger partial charge is 0.481 e. The van der Waals surface area contributed by atoms with E-state index in [9.17, 15) is 19.5 Å². The van der Waals surface area contributed by atoms with Gasteiger partial charge in [0.2, 0.25) is 6.29 Å². The Morgan fingerprint density at radius 2 is 1.73 bits per heavy atom. The van der Waals surface area contributed by atoms with Crippen molar-refractivity contribution < 1.29 is 29.0 Å². The number of hydrogen-bond donors (Lipinski definition) is 2. The zero-order valence-corrected chi connectivity index (χ0v) is 16.0. The van der Waals surface area contributed by atoms with Crippen LogP contribution in [0.5, 0.6) is 0 Å². The second-order valence-corrected chi connectivity index (χ2v) is 7.22. The summed E-state index contributed by atoms with van der Waals surface area (Å²) in [5, 5.41) is 12.3. The molecule has 1 aromatic carbocycles. The molecule has 0 heterocycles. The third-order valence-electron chi connectivity index (χ3n) is 3.43. The summed E-state index contributed by atoms with van der Waals surface area (Å²) in [6.07, 6.45) is -1.67. The minimum atomic E-state index is -1.05. The molecule has 2 N–H and O–H groups in total. The van der Waals surface area contributed by atoms with Crippen molar-refractivity contribution in [2.75, 3.05) is 6.54 Å². The molecule has 0 radical (unpaired) electrons. The van der Waals surface area contributed by atoms with E-state index in [4.69, 9.17) is 21.1 Å². The van der Waals surface area contributed by atoms with Crippen molar-refractivity contribution in [3.05, 3.63) is 34.9 Å².